The Balaban J connectivity index is 2.13. The molecule has 0 saturated carbocycles. The van der Waals surface area contributed by atoms with Crippen molar-refractivity contribution < 1.29 is 13.9 Å². The Bertz CT molecular complexity index is 1180. The molecule has 144 valence electrons. The van der Waals surface area contributed by atoms with Crippen LogP contribution in [0.1, 0.15) is 16.2 Å². The summed E-state index contributed by atoms with van der Waals surface area (Å²) in [5.41, 5.74) is 8.44. The molecule has 0 radical (unpaired) electrons. The molecule has 3 aromatic rings. The molecule has 29 heavy (non-hydrogen) atoms. The quantitative estimate of drug-likeness (QED) is 0.334. The van der Waals surface area contributed by atoms with E-state index in [2.05, 4.69) is 36.4 Å². The molecule has 0 aliphatic heterocycles. The van der Waals surface area contributed by atoms with Gasteiger partial charge in [-0.05, 0) is 48.0 Å². The third-order valence-corrected chi connectivity index (χ3v) is 4.32. The van der Waals surface area contributed by atoms with Gasteiger partial charge in [-0.25, -0.2) is 9.07 Å². The summed E-state index contributed by atoms with van der Waals surface area (Å²) >= 11 is 3.14. The van der Waals surface area contributed by atoms with E-state index in [-0.39, 0.29) is 22.8 Å². The van der Waals surface area contributed by atoms with Gasteiger partial charge in [-0.15, -0.1) is 0 Å². The molecular weight excluding hydrogens is 445 g/mol. The first-order valence-corrected chi connectivity index (χ1v) is 8.76. The maximum absolute atomic E-state index is 14.1. The molecule has 1 amide bonds. The largest absolute Gasteiger partial charge is 0.497 e. The average Bonchev–Trinajstić information content (AvgIpc) is 3.09. The molecule has 2 aromatic carbocycles. The van der Waals surface area contributed by atoms with Crippen LogP contribution in [-0.2, 0) is 0 Å². The molecule has 0 bridgehead atoms. The summed E-state index contributed by atoms with van der Waals surface area (Å²) in [5, 5.41) is 19.2. The van der Waals surface area contributed by atoms with Crippen molar-refractivity contribution in [3.8, 4) is 17.5 Å². The van der Waals surface area contributed by atoms with E-state index >= 15 is 0 Å². The molecule has 0 unspecified atom stereocenters. The maximum atomic E-state index is 14.1. The van der Waals surface area contributed by atoms with Crippen LogP contribution in [0.25, 0.3) is 16.1 Å². The number of nitrogens with zero attached hydrogens (tertiary/aromatic N) is 6. The van der Waals surface area contributed by atoms with Crippen molar-refractivity contribution in [3.63, 3.8) is 0 Å². The van der Waals surface area contributed by atoms with Crippen molar-refractivity contribution in [2.45, 2.75) is 0 Å². The number of amides is 1. The summed E-state index contributed by atoms with van der Waals surface area (Å²) in [6, 6.07) is 12.4. The molecule has 0 spiro atoms. The molecule has 0 aliphatic carbocycles. The number of hydrogen-bond acceptors (Lipinski definition) is 5. The second-order valence-corrected chi connectivity index (χ2v) is 6.45. The normalized spacial score (nSPS) is 10.0. The Labute approximate surface area is 172 Å². The van der Waals surface area contributed by atoms with Crippen LogP contribution in [0.5, 0.6) is 5.75 Å². The first-order valence-electron chi connectivity index (χ1n) is 7.97. The second-order valence-electron chi connectivity index (χ2n) is 5.54. The predicted octanol–water partition coefficient (Wildman–Crippen LogP) is 4.85. The van der Waals surface area contributed by atoms with Crippen LogP contribution in [-0.4, -0.2) is 22.8 Å². The topological polar surface area (TPSA) is 129 Å². The molecule has 0 aliphatic rings. The van der Waals surface area contributed by atoms with Crippen LogP contribution in [0.2, 0.25) is 0 Å². The number of azide groups is 1. The SMILES string of the molecule is COc1ccc(-n2nc(C#N)c(N=[N+]=[N-])c2C(=O)Nc2ccc(Br)cc2F)cc1. The maximum Gasteiger partial charge on any atom is 0.275 e. The molecule has 1 aromatic heterocycles. The number of carbonyl (C=O) groups is 1. The molecule has 1 N–H and O–H groups in total. The number of nitriles is 1. The molecule has 1 heterocycles. The highest BCUT2D eigenvalue weighted by Crippen LogP contribution is 2.29. The minimum Gasteiger partial charge on any atom is -0.497 e. The van der Waals surface area contributed by atoms with Crippen molar-refractivity contribution in [3.05, 3.63) is 74.6 Å². The minimum atomic E-state index is -0.807. The minimum absolute atomic E-state index is 0.0916. The third kappa shape index (κ3) is 4.03. The van der Waals surface area contributed by atoms with Gasteiger partial charge in [0.15, 0.2) is 5.69 Å². The van der Waals surface area contributed by atoms with Gasteiger partial charge in [-0.3, -0.25) is 4.79 Å². The fraction of sp³-hybridized carbons (Fsp3) is 0.0556. The molecule has 3 rings (SSSR count). The summed E-state index contributed by atoms with van der Waals surface area (Å²) in [5.74, 6) is -0.910. The van der Waals surface area contributed by atoms with Crippen molar-refractivity contribution in [1.29, 1.82) is 5.26 Å². The number of ether oxygens (including phenoxy) is 1. The molecule has 9 nitrogen and oxygen atoms in total. The first kappa shape index (κ1) is 19.9. The van der Waals surface area contributed by atoms with Crippen LogP contribution in [0.3, 0.4) is 0 Å². The highest BCUT2D eigenvalue weighted by atomic mass is 79.9. The zero-order chi connectivity index (χ0) is 21.0. The molecular formula is C18H11BrFN7O2. The summed E-state index contributed by atoms with van der Waals surface area (Å²) in [6.45, 7) is 0. The Morgan fingerprint density at radius 2 is 2.10 bits per heavy atom. The molecule has 0 fully saturated rings. The van der Waals surface area contributed by atoms with Crippen molar-refractivity contribution in [2.75, 3.05) is 12.4 Å². The van der Waals surface area contributed by atoms with Crippen LogP contribution >= 0.6 is 15.9 Å². The van der Waals surface area contributed by atoms with Crippen molar-refractivity contribution >= 4 is 33.2 Å². The first-order chi connectivity index (χ1) is 14.0. The number of benzene rings is 2. The third-order valence-electron chi connectivity index (χ3n) is 3.82. The predicted molar refractivity (Wildman–Crippen MR) is 106 cm³/mol. The lowest BCUT2D eigenvalue weighted by atomic mass is 10.2. The average molecular weight is 456 g/mol. The monoisotopic (exact) mass is 455 g/mol. The van der Waals surface area contributed by atoms with Crippen LogP contribution in [0.15, 0.2) is 52.1 Å². The highest BCUT2D eigenvalue weighted by Gasteiger charge is 2.25. The summed E-state index contributed by atoms with van der Waals surface area (Å²) < 4.78 is 20.9. The lowest BCUT2D eigenvalue weighted by molar-refractivity contribution is 0.102. The number of aromatic nitrogens is 2. The van der Waals surface area contributed by atoms with Gasteiger partial charge >= 0.3 is 0 Å². The van der Waals surface area contributed by atoms with Gasteiger partial charge in [0.1, 0.15) is 29.0 Å². The summed E-state index contributed by atoms with van der Waals surface area (Å²) in [4.78, 5) is 15.6. The Morgan fingerprint density at radius 3 is 2.69 bits per heavy atom. The lowest BCUT2D eigenvalue weighted by Gasteiger charge is -2.10. The van der Waals surface area contributed by atoms with E-state index in [1.165, 1.54) is 19.2 Å². The van der Waals surface area contributed by atoms with E-state index < -0.39 is 11.7 Å². The van der Waals surface area contributed by atoms with E-state index in [0.29, 0.717) is 15.9 Å². The van der Waals surface area contributed by atoms with Crippen molar-refractivity contribution in [1.82, 2.24) is 9.78 Å². The Hall–Kier alpha value is -3.87. The van der Waals surface area contributed by atoms with Gasteiger partial charge in [-0.1, -0.05) is 21.0 Å². The number of rotatable bonds is 5. The Kier molecular flexibility index (Phi) is 5.78. The molecule has 11 heteroatoms. The zero-order valence-corrected chi connectivity index (χ0v) is 16.4. The fourth-order valence-electron chi connectivity index (χ4n) is 2.51. The number of methoxy groups -OCH3 is 1. The second kappa shape index (κ2) is 8.43. The van der Waals surface area contributed by atoms with Crippen LogP contribution < -0.4 is 10.1 Å². The number of hydrogen-bond donors (Lipinski definition) is 1. The van der Waals surface area contributed by atoms with Gasteiger partial charge < -0.3 is 10.1 Å². The number of halogens is 2. The molecule has 0 atom stereocenters. The highest BCUT2D eigenvalue weighted by molar-refractivity contribution is 9.10. The fourth-order valence-corrected chi connectivity index (χ4v) is 2.84. The molecule has 0 saturated heterocycles. The van der Waals surface area contributed by atoms with E-state index in [1.54, 1.807) is 36.4 Å². The van der Waals surface area contributed by atoms with Gasteiger partial charge in [0.05, 0.1) is 18.5 Å². The van der Waals surface area contributed by atoms with Crippen LogP contribution in [0.4, 0.5) is 15.8 Å². The smallest absolute Gasteiger partial charge is 0.275 e. The van der Waals surface area contributed by atoms with Crippen molar-refractivity contribution in [2.24, 2.45) is 5.11 Å². The van der Waals surface area contributed by atoms with Gasteiger partial charge in [-0.2, -0.15) is 10.4 Å². The van der Waals surface area contributed by atoms with Gasteiger partial charge in [0, 0.05) is 9.38 Å². The summed E-state index contributed by atoms with van der Waals surface area (Å²) in [7, 11) is 1.50. The standard InChI is InChI=1S/C18H11BrFN7O2/c1-29-12-5-3-11(4-6-12)27-17(16(24-26-22)15(9-21)25-27)18(28)23-14-7-2-10(19)8-13(14)20/h2-8H,1H3,(H,23,28). The van der Waals surface area contributed by atoms with Gasteiger partial charge in [0.2, 0.25) is 0 Å². The number of anilines is 1. The lowest BCUT2D eigenvalue weighted by Crippen LogP contribution is -2.18. The zero-order valence-electron chi connectivity index (χ0n) is 14.8. The van der Waals surface area contributed by atoms with E-state index in [0.717, 1.165) is 4.68 Å². The van der Waals surface area contributed by atoms with E-state index in [1.807, 2.05) is 0 Å². The van der Waals surface area contributed by atoms with E-state index in [9.17, 15) is 14.4 Å². The number of nitrogens with one attached hydrogen (secondary N) is 1. The van der Waals surface area contributed by atoms with E-state index in [4.69, 9.17) is 10.3 Å². The van der Waals surface area contributed by atoms with Crippen LogP contribution in [0, 0.1) is 17.1 Å². The Morgan fingerprint density at radius 1 is 1.38 bits per heavy atom. The summed E-state index contributed by atoms with van der Waals surface area (Å²) in [6.07, 6.45) is 0. The number of carbonyl (C=O) groups excluding carboxylic acids is 1. The van der Waals surface area contributed by atoms with Gasteiger partial charge in [0.25, 0.3) is 5.91 Å².